The van der Waals surface area contributed by atoms with Crippen LogP contribution in [-0.4, -0.2) is 26.2 Å². The first-order valence-corrected chi connectivity index (χ1v) is 17.4. The molecule has 0 bridgehead atoms. The van der Waals surface area contributed by atoms with Crippen molar-refractivity contribution in [1.82, 2.24) is 0 Å². The molecule has 0 unspecified atom stereocenters. The predicted octanol–water partition coefficient (Wildman–Crippen LogP) is 10.0. The molecule has 246 valence electrons. The van der Waals surface area contributed by atoms with Crippen molar-refractivity contribution in [3.05, 3.63) is 57.6 Å². The van der Waals surface area contributed by atoms with Crippen LogP contribution < -0.4 is 9.05 Å². The lowest BCUT2D eigenvalue weighted by Crippen LogP contribution is -2.21. The Kier molecular flexibility index (Phi) is 12.4. The van der Waals surface area contributed by atoms with Crippen molar-refractivity contribution in [2.24, 2.45) is 0 Å². The molecule has 0 aliphatic rings. The molecule has 44 heavy (non-hydrogen) atoms. The summed E-state index contributed by atoms with van der Waals surface area (Å²) in [5.74, 6) is 0.964. The Morgan fingerprint density at radius 2 is 0.818 bits per heavy atom. The van der Waals surface area contributed by atoms with Crippen molar-refractivity contribution in [2.75, 3.05) is 14.2 Å². The molecule has 0 heterocycles. The second-order valence-corrected chi connectivity index (χ2v) is 17.2. The molecule has 0 aliphatic heterocycles. The van der Waals surface area contributed by atoms with Crippen LogP contribution in [0, 0.1) is 0 Å². The van der Waals surface area contributed by atoms with Gasteiger partial charge in [-0.15, -0.1) is 0 Å². The summed E-state index contributed by atoms with van der Waals surface area (Å²) < 4.78 is 23.1. The first-order chi connectivity index (χ1) is 20.0. The molecule has 0 radical (unpaired) electrons. The van der Waals surface area contributed by atoms with Crippen LogP contribution in [0.5, 0.6) is 11.5 Å². The Morgan fingerprint density at radius 3 is 1.02 bits per heavy atom. The van der Waals surface area contributed by atoms with Gasteiger partial charge in [-0.1, -0.05) is 107 Å². The summed E-state index contributed by atoms with van der Waals surface area (Å²) in [6, 6.07) is 8.46. The van der Waals surface area contributed by atoms with E-state index in [0.717, 1.165) is 44.9 Å². The predicted molar refractivity (Wildman–Crippen MR) is 182 cm³/mol. The maximum atomic E-state index is 11.9. The van der Waals surface area contributed by atoms with Crippen molar-refractivity contribution >= 4 is 30.9 Å². The molecule has 0 saturated carbocycles. The monoisotopic (exact) mass is 648 g/mol. The van der Waals surface area contributed by atoms with Gasteiger partial charge in [0.05, 0.1) is 14.2 Å². The van der Waals surface area contributed by atoms with E-state index in [2.05, 4.69) is 107 Å². The zero-order chi connectivity index (χ0) is 33.8. The number of benzene rings is 2. The van der Waals surface area contributed by atoms with Crippen molar-refractivity contribution in [1.29, 1.82) is 0 Å². The van der Waals surface area contributed by atoms with E-state index in [4.69, 9.17) is 29.8 Å². The van der Waals surface area contributed by atoms with E-state index in [9.17, 15) is 9.59 Å². The van der Waals surface area contributed by atoms with Crippen molar-refractivity contribution < 1.29 is 28.1 Å². The van der Waals surface area contributed by atoms with Crippen LogP contribution in [0.1, 0.15) is 129 Å². The molecule has 8 heteroatoms. The number of halogens is 1. The second kappa shape index (κ2) is 14.4. The van der Waals surface area contributed by atoms with Crippen molar-refractivity contribution in [2.45, 2.75) is 130 Å². The number of carbonyl (C=O) groups excluding carboxylic acids is 2. The zero-order valence-corrected chi connectivity index (χ0v) is 31.1. The second-order valence-electron chi connectivity index (χ2n) is 15.6. The molecule has 2 aromatic rings. The zero-order valence-electron chi connectivity index (χ0n) is 29.4. The summed E-state index contributed by atoms with van der Waals surface area (Å²) in [7, 11) is 0.900. The summed E-state index contributed by atoms with van der Waals surface area (Å²) in [5.41, 5.74) is 5.05. The largest absolute Gasteiger partial charge is 0.469 e. The van der Waals surface area contributed by atoms with E-state index in [1.165, 1.54) is 14.2 Å². The molecule has 0 atom stereocenters. The number of methoxy groups -OCH3 is 2. The topological polar surface area (TPSA) is 71.1 Å². The van der Waals surface area contributed by atoms with Crippen LogP contribution in [-0.2, 0) is 53.6 Å². The fourth-order valence-corrected chi connectivity index (χ4v) is 6.08. The molecule has 0 amide bonds. The quantitative estimate of drug-likeness (QED) is 0.189. The van der Waals surface area contributed by atoms with Crippen molar-refractivity contribution in [3.8, 4) is 11.5 Å². The smallest absolute Gasteiger partial charge is 0.401 e. The summed E-state index contributed by atoms with van der Waals surface area (Å²) in [6.45, 7) is 25.7. The van der Waals surface area contributed by atoms with E-state index in [0.29, 0.717) is 25.7 Å². The first-order valence-electron chi connectivity index (χ1n) is 15.3. The molecule has 0 fully saturated rings. The number of aryl methyl sites for hydroxylation is 2. The first kappa shape index (κ1) is 37.9. The lowest BCUT2D eigenvalue weighted by atomic mass is 9.78. The van der Waals surface area contributed by atoms with Gasteiger partial charge >= 0.3 is 19.7 Å². The third-order valence-electron chi connectivity index (χ3n) is 7.55. The molecule has 2 aromatic carbocycles. The Labute approximate surface area is 272 Å². The minimum Gasteiger partial charge on any atom is -0.469 e. The van der Waals surface area contributed by atoms with Crippen LogP contribution in [0.2, 0.25) is 0 Å². The summed E-state index contributed by atoms with van der Waals surface area (Å²) >= 11 is 7.06. The van der Waals surface area contributed by atoms with Crippen molar-refractivity contribution in [3.63, 3.8) is 0 Å². The number of rotatable bonds is 10. The molecular formula is C36H54ClO6P. The normalized spacial score (nSPS) is 12.7. The van der Waals surface area contributed by atoms with Crippen LogP contribution in [0.15, 0.2) is 24.3 Å². The lowest BCUT2D eigenvalue weighted by Gasteiger charge is -2.33. The van der Waals surface area contributed by atoms with Gasteiger partial charge < -0.3 is 18.5 Å². The maximum Gasteiger partial charge on any atom is 0.401 e. The summed E-state index contributed by atoms with van der Waals surface area (Å²) in [6.07, 6.45) is 1.74. The van der Waals surface area contributed by atoms with Crippen LogP contribution in [0.25, 0.3) is 0 Å². The lowest BCUT2D eigenvalue weighted by molar-refractivity contribution is -0.141. The molecule has 0 N–H and O–H groups in total. The number of hydrogen-bond donors (Lipinski definition) is 0. The summed E-state index contributed by atoms with van der Waals surface area (Å²) in [4.78, 5) is 23.9. The molecular weight excluding hydrogens is 595 g/mol. The third-order valence-corrected chi connectivity index (χ3v) is 8.61. The van der Waals surface area contributed by atoms with Crippen LogP contribution in [0.3, 0.4) is 0 Å². The van der Waals surface area contributed by atoms with Gasteiger partial charge in [0.1, 0.15) is 11.5 Å². The van der Waals surface area contributed by atoms with Crippen LogP contribution in [0.4, 0.5) is 0 Å². The minimum atomic E-state index is -1.92. The summed E-state index contributed by atoms with van der Waals surface area (Å²) in [5, 5.41) is 0. The van der Waals surface area contributed by atoms with Gasteiger partial charge in [0, 0.05) is 35.1 Å². The molecule has 0 saturated heterocycles. The standard InChI is InChI=1S/C36H54ClO6P/c1-33(2,3)25-19-23(15-17-29(38)40-13)20-26(34(4,5)6)31(25)42-44(37)43-32-27(35(7,8)9)21-24(16-18-30(39)41-14)22-28(32)36(10,11)12/h19-22H,15-18H2,1-14H3. The Morgan fingerprint density at radius 1 is 0.568 bits per heavy atom. The Balaban J connectivity index is 2.67. The average Bonchev–Trinajstić information content (AvgIpc) is 2.88. The van der Waals surface area contributed by atoms with Gasteiger partial charge in [-0.2, -0.15) is 0 Å². The highest BCUT2D eigenvalue weighted by molar-refractivity contribution is 7.76. The van der Waals surface area contributed by atoms with E-state index in [1.54, 1.807) is 0 Å². The molecule has 2 rings (SSSR count). The highest BCUT2D eigenvalue weighted by atomic mass is 35.7. The SMILES string of the molecule is COC(=O)CCc1cc(C(C)(C)C)c(OP(Cl)Oc2c(C(C)(C)C)cc(CCC(=O)OC)cc2C(C)(C)C)c(C(C)(C)C)c1. The number of esters is 2. The van der Waals surface area contributed by atoms with E-state index >= 15 is 0 Å². The maximum absolute atomic E-state index is 11.9. The fraction of sp³-hybridized carbons (Fsp3) is 0.611. The van der Waals surface area contributed by atoms with E-state index in [-0.39, 0.29) is 33.6 Å². The van der Waals surface area contributed by atoms with Gasteiger partial charge in [0.25, 0.3) is 0 Å². The minimum absolute atomic E-state index is 0.238. The highest BCUT2D eigenvalue weighted by Gasteiger charge is 2.33. The molecule has 0 aromatic heterocycles. The van der Waals surface area contributed by atoms with Gasteiger partial charge in [-0.05, 0) is 56.9 Å². The third kappa shape index (κ3) is 10.4. The van der Waals surface area contributed by atoms with E-state index in [1.807, 2.05) is 0 Å². The Hall–Kier alpha value is -2.30. The van der Waals surface area contributed by atoms with E-state index < -0.39 is 7.73 Å². The van der Waals surface area contributed by atoms with Crippen LogP contribution >= 0.6 is 19.0 Å². The molecule has 0 aliphatic carbocycles. The molecule has 6 nitrogen and oxygen atoms in total. The van der Waals surface area contributed by atoms with Gasteiger partial charge in [0.2, 0.25) is 0 Å². The number of hydrogen-bond acceptors (Lipinski definition) is 6. The fourth-order valence-electron chi connectivity index (χ4n) is 4.95. The van der Waals surface area contributed by atoms with Gasteiger partial charge in [-0.3, -0.25) is 9.59 Å². The van der Waals surface area contributed by atoms with Gasteiger partial charge in [0.15, 0.2) is 0 Å². The number of ether oxygens (including phenoxy) is 2. The average molecular weight is 649 g/mol. The highest BCUT2D eigenvalue weighted by Crippen LogP contribution is 2.54. The van der Waals surface area contributed by atoms with Gasteiger partial charge in [-0.25, -0.2) is 0 Å². The number of carbonyl (C=O) groups is 2. The Bertz CT molecular complexity index is 1150. The molecule has 0 spiro atoms.